The van der Waals surface area contributed by atoms with Crippen LogP contribution in [0.15, 0.2) is 41.8 Å². The van der Waals surface area contributed by atoms with Crippen LogP contribution in [0.3, 0.4) is 0 Å². The Labute approximate surface area is 117 Å². The van der Waals surface area contributed by atoms with Crippen molar-refractivity contribution in [3.8, 4) is 5.75 Å². The highest BCUT2D eigenvalue weighted by Crippen LogP contribution is 2.18. The van der Waals surface area contributed by atoms with Gasteiger partial charge in [0.05, 0.1) is 17.5 Å². The molecule has 1 unspecified atom stereocenters. The van der Waals surface area contributed by atoms with Crippen LogP contribution in [0, 0.1) is 0 Å². The number of nitrogens with one attached hydrogen (secondary N) is 1. The lowest BCUT2D eigenvalue weighted by Crippen LogP contribution is -2.25. The monoisotopic (exact) mass is 275 g/mol. The Hall–Kier alpha value is -1.81. The Morgan fingerprint density at radius 1 is 1.32 bits per heavy atom. The summed E-state index contributed by atoms with van der Waals surface area (Å²) < 4.78 is 5.39. The standard InChI is InChI=1S/C15H17NO2S/c1-3-18-13-8-6-12(7-9-13)11(2)16-15(17)14-5-4-10-19-14/h4-11H,3H2,1-2H3,(H,16,17). The molecule has 3 nitrogen and oxygen atoms in total. The molecule has 0 radical (unpaired) electrons. The predicted octanol–water partition coefficient (Wildman–Crippen LogP) is 3.64. The molecule has 2 aromatic rings. The van der Waals surface area contributed by atoms with Gasteiger partial charge >= 0.3 is 0 Å². The first-order valence-electron chi connectivity index (χ1n) is 6.28. The van der Waals surface area contributed by atoms with E-state index in [-0.39, 0.29) is 11.9 Å². The molecule has 0 aliphatic rings. The molecule has 1 aromatic carbocycles. The van der Waals surface area contributed by atoms with Gasteiger partial charge in [0.1, 0.15) is 5.75 Å². The number of carbonyl (C=O) groups excluding carboxylic acids is 1. The van der Waals surface area contributed by atoms with E-state index >= 15 is 0 Å². The van der Waals surface area contributed by atoms with Crippen LogP contribution >= 0.6 is 11.3 Å². The van der Waals surface area contributed by atoms with Crippen LogP contribution in [-0.2, 0) is 0 Å². The average Bonchev–Trinajstić information content (AvgIpc) is 2.94. The zero-order chi connectivity index (χ0) is 13.7. The topological polar surface area (TPSA) is 38.3 Å². The Kier molecular flexibility index (Phi) is 4.58. The zero-order valence-electron chi connectivity index (χ0n) is 11.1. The summed E-state index contributed by atoms with van der Waals surface area (Å²) >= 11 is 1.45. The average molecular weight is 275 g/mol. The molecule has 0 bridgehead atoms. The molecule has 4 heteroatoms. The van der Waals surface area contributed by atoms with Gasteiger partial charge in [0.15, 0.2) is 0 Å². The molecule has 1 N–H and O–H groups in total. The van der Waals surface area contributed by atoms with Gasteiger partial charge in [-0.2, -0.15) is 0 Å². The van der Waals surface area contributed by atoms with E-state index in [2.05, 4.69) is 5.32 Å². The van der Waals surface area contributed by atoms with Crippen molar-refractivity contribution in [2.75, 3.05) is 6.61 Å². The quantitative estimate of drug-likeness (QED) is 0.904. The van der Waals surface area contributed by atoms with Gasteiger partial charge in [-0.25, -0.2) is 0 Å². The maximum absolute atomic E-state index is 11.9. The fourth-order valence-electron chi connectivity index (χ4n) is 1.78. The maximum Gasteiger partial charge on any atom is 0.261 e. The largest absolute Gasteiger partial charge is 0.494 e. The SMILES string of the molecule is CCOc1ccc(C(C)NC(=O)c2cccs2)cc1. The molecule has 0 saturated heterocycles. The third-order valence-electron chi connectivity index (χ3n) is 2.78. The van der Waals surface area contributed by atoms with Crippen LogP contribution < -0.4 is 10.1 Å². The summed E-state index contributed by atoms with van der Waals surface area (Å²) in [6, 6.07) is 11.5. The van der Waals surface area contributed by atoms with Crippen molar-refractivity contribution in [1.82, 2.24) is 5.32 Å². The first-order chi connectivity index (χ1) is 9.20. The molecular formula is C15H17NO2S. The Morgan fingerprint density at radius 3 is 2.63 bits per heavy atom. The van der Waals surface area contributed by atoms with Gasteiger partial charge in [-0.15, -0.1) is 11.3 Å². The summed E-state index contributed by atoms with van der Waals surface area (Å²) in [5.41, 5.74) is 1.06. The predicted molar refractivity (Wildman–Crippen MR) is 77.8 cm³/mol. The molecule has 0 aliphatic heterocycles. The van der Waals surface area contributed by atoms with Gasteiger partial charge in [-0.3, -0.25) is 4.79 Å². The molecular weight excluding hydrogens is 258 g/mol. The Bertz CT molecular complexity index is 520. The fraction of sp³-hybridized carbons (Fsp3) is 0.267. The first kappa shape index (κ1) is 13.6. The van der Waals surface area contributed by atoms with Gasteiger partial charge in [0, 0.05) is 0 Å². The molecule has 19 heavy (non-hydrogen) atoms. The number of carbonyl (C=O) groups is 1. The summed E-state index contributed by atoms with van der Waals surface area (Å²) in [5.74, 6) is 0.819. The van der Waals surface area contributed by atoms with E-state index < -0.39 is 0 Å². The van der Waals surface area contributed by atoms with Crippen molar-refractivity contribution in [3.05, 3.63) is 52.2 Å². The van der Waals surface area contributed by atoms with Crippen molar-refractivity contribution in [2.24, 2.45) is 0 Å². The summed E-state index contributed by atoms with van der Waals surface area (Å²) in [5, 5.41) is 4.88. The third kappa shape index (κ3) is 3.58. The van der Waals surface area contributed by atoms with E-state index in [0.29, 0.717) is 6.61 Å². The second-order valence-corrected chi connectivity index (χ2v) is 5.12. The lowest BCUT2D eigenvalue weighted by molar-refractivity contribution is 0.0944. The number of thiophene rings is 1. The number of benzene rings is 1. The maximum atomic E-state index is 11.9. The van der Waals surface area contributed by atoms with Crippen LogP contribution in [-0.4, -0.2) is 12.5 Å². The van der Waals surface area contributed by atoms with Crippen molar-refractivity contribution in [3.63, 3.8) is 0 Å². The zero-order valence-corrected chi connectivity index (χ0v) is 11.9. The van der Waals surface area contributed by atoms with Crippen LogP contribution in [0.25, 0.3) is 0 Å². The molecule has 0 spiro atoms. The van der Waals surface area contributed by atoms with Crippen LogP contribution in [0.2, 0.25) is 0 Å². The van der Waals surface area contributed by atoms with Crippen molar-refractivity contribution >= 4 is 17.2 Å². The molecule has 1 aromatic heterocycles. The summed E-state index contributed by atoms with van der Waals surface area (Å²) in [6.45, 7) is 4.59. The van der Waals surface area contributed by atoms with E-state index in [9.17, 15) is 4.79 Å². The molecule has 2 rings (SSSR count). The molecule has 100 valence electrons. The summed E-state index contributed by atoms with van der Waals surface area (Å²) in [6.07, 6.45) is 0. The highest BCUT2D eigenvalue weighted by Gasteiger charge is 2.11. The van der Waals surface area contributed by atoms with Gasteiger partial charge in [-0.05, 0) is 43.0 Å². The lowest BCUT2D eigenvalue weighted by Gasteiger charge is -2.14. The lowest BCUT2D eigenvalue weighted by atomic mass is 10.1. The Balaban J connectivity index is 1.99. The third-order valence-corrected chi connectivity index (χ3v) is 3.65. The van der Waals surface area contributed by atoms with E-state index in [1.807, 2.05) is 55.6 Å². The van der Waals surface area contributed by atoms with E-state index in [1.165, 1.54) is 11.3 Å². The minimum atomic E-state index is -0.0311. The molecule has 0 fully saturated rings. The van der Waals surface area contributed by atoms with Gasteiger partial charge in [-0.1, -0.05) is 18.2 Å². The van der Waals surface area contributed by atoms with Gasteiger partial charge < -0.3 is 10.1 Å². The minimum absolute atomic E-state index is 0.0229. The van der Waals surface area contributed by atoms with Gasteiger partial charge in [0.2, 0.25) is 0 Å². The van der Waals surface area contributed by atoms with Crippen molar-refractivity contribution in [2.45, 2.75) is 19.9 Å². The summed E-state index contributed by atoms with van der Waals surface area (Å²) in [4.78, 5) is 12.7. The van der Waals surface area contributed by atoms with Crippen LogP contribution in [0.1, 0.15) is 35.1 Å². The number of amides is 1. The van der Waals surface area contributed by atoms with E-state index in [0.717, 1.165) is 16.2 Å². The number of rotatable bonds is 5. The number of hydrogen-bond acceptors (Lipinski definition) is 3. The molecule has 1 heterocycles. The molecule has 0 aliphatic carbocycles. The molecule has 0 saturated carbocycles. The highest BCUT2D eigenvalue weighted by molar-refractivity contribution is 7.12. The molecule has 1 atom stereocenters. The van der Waals surface area contributed by atoms with Crippen molar-refractivity contribution in [1.29, 1.82) is 0 Å². The number of ether oxygens (including phenoxy) is 1. The Morgan fingerprint density at radius 2 is 2.05 bits per heavy atom. The van der Waals surface area contributed by atoms with E-state index in [1.54, 1.807) is 0 Å². The van der Waals surface area contributed by atoms with Crippen LogP contribution in [0.4, 0.5) is 0 Å². The second-order valence-electron chi connectivity index (χ2n) is 4.17. The first-order valence-corrected chi connectivity index (χ1v) is 7.15. The smallest absolute Gasteiger partial charge is 0.261 e. The second kappa shape index (κ2) is 6.38. The minimum Gasteiger partial charge on any atom is -0.494 e. The van der Waals surface area contributed by atoms with Crippen molar-refractivity contribution < 1.29 is 9.53 Å². The number of hydrogen-bond donors (Lipinski definition) is 1. The van der Waals surface area contributed by atoms with E-state index in [4.69, 9.17) is 4.74 Å². The fourth-order valence-corrected chi connectivity index (χ4v) is 2.41. The summed E-state index contributed by atoms with van der Waals surface area (Å²) in [7, 11) is 0. The molecule has 1 amide bonds. The van der Waals surface area contributed by atoms with Crippen LogP contribution in [0.5, 0.6) is 5.75 Å². The highest BCUT2D eigenvalue weighted by atomic mass is 32.1. The normalized spacial score (nSPS) is 11.9. The van der Waals surface area contributed by atoms with Gasteiger partial charge in [0.25, 0.3) is 5.91 Å².